The molecule has 1 aromatic rings. The van der Waals surface area contributed by atoms with Gasteiger partial charge in [-0.15, -0.1) is 0 Å². The molecule has 24 heavy (non-hydrogen) atoms. The van der Waals surface area contributed by atoms with Crippen LogP contribution in [0.3, 0.4) is 0 Å². The highest BCUT2D eigenvalue weighted by Crippen LogP contribution is 2.40. The number of ether oxygens (including phenoxy) is 1. The number of aryl methyl sites for hydroxylation is 1. The summed E-state index contributed by atoms with van der Waals surface area (Å²) in [6.45, 7) is 4.13. The normalized spacial score (nSPS) is 29.6. The molecule has 1 aromatic carbocycles. The van der Waals surface area contributed by atoms with Crippen LogP contribution in [0.1, 0.15) is 68.1 Å². The Labute approximate surface area is 146 Å². The molecule has 0 heterocycles. The van der Waals surface area contributed by atoms with Gasteiger partial charge in [0.1, 0.15) is 0 Å². The SMILES string of the molecule is CCCCOCC1CCc2cc([C@H]3CC[C@](N)(CO)C3)ccc2C1. The maximum absolute atomic E-state index is 9.48. The number of aliphatic hydroxyl groups is 1. The Kier molecular flexibility index (Phi) is 5.96. The highest BCUT2D eigenvalue weighted by Gasteiger charge is 2.36. The molecule has 2 aliphatic rings. The summed E-state index contributed by atoms with van der Waals surface area (Å²) in [6.07, 6.45) is 8.89. The third-order valence-corrected chi connectivity index (χ3v) is 5.99. The molecule has 3 atom stereocenters. The van der Waals surface area contributed by atoms with Gasteiger partial charge in [-0.05, 0) is 73.5 Å². The fraction of sp³-hybridized carbons (Fsp3) is 0.714. The summed E-state index contributed by atoms with van der Waals surface area (Å²) in [5, 5.41) is 9.48. The summed E-state index contributed by atoms with van der Waals surface area (Å²) in [4.78, 5) is 0. The lowest BCUT2D eigenvalue weighted by atomic mass is 9.82. The fourth-order valence-electron chi connectivity index (χ4n) is 4.33. The largest absolute Gasteiger partial charge is 0.394 e. The number of fused-ring (bicyclic) bond motifs is 1. The third kappa shape index (κ3) is 4.19. The second kappa shape index (κ2) is 7.99. The zero-order valence-electron chi connectivity index (χ0n) is 15.1. The average molecular weight is 332 g/mol. The van der Waals surface area contributed by atoms with Gasteiger partial charge in [-0.1, -0.05) is 31.5 Å². The van der Waals surface area contributed by atoms with Gasteiger partial charge in [0.2, 0.25) is 0 Å². The Bertz CT molecular complexity index is 545. The Balaban J connectivity index is 1.58. The molecule has 3 nitrogen and oxygen atoms in total. The number of benzene rings is 1. The molecule has 3 rings (SSSR count). The van der Waals surface area contributed by atoms with Gasteiger partial charge in [0.05, 0.1) is 6.61 Å². The summed E-state index contributed by atoms with van der Waals surface area (Å²) in [5.74, 6) is 1.19. The fourth-order valence-corrected chi connectivity index (χ4v) is 4.33. The van der Waals surface area contributed by atoms with E-state index in [4.69, 9.17) is 10.5 Å². The van der Waals surface area contributed by atoms with Gasteiger partial charge in [-0.3, -0.25) is 0 Å². The molecule has 134 valence electrons. The Morgan fingerprint density at radius 2 is 2.17 bits per heavy atom. The summed E-state index contributed by atoms with van der Waals surface area (Å²) in [6, 6.07) is 7.04. The first-order valence-electron chi connectivity index (χ1n) is 9.73. The molecule has 3 N–H and O–H groups in total. The molecule has 1 saturated carbocycles. The van der Waals surface area contributed by atoms with Crippen LogP contribution in [0.5, 0.6) is 0 Å². The van der Waals surface area contributed by atoms with Gasteiger partial charge in [0.25, 0.3) is 0 Å². The quantitative estimate of drug-likeness (QED) is 0.751. The zero-order valence-corrected chi connectivity index (χ0v) is 15.1. The number of hydrogen-bond donors (Lipinski definition) is 2. The van der Waals surface area contributed by atoms with Gasteiger partial charge >= 0.3 is 0 Å². The molecule has 0 saturated heterocycles. The molecule has 1 unspecified atom stereocenters. The molecule has 0 spiro atoms. The standard InChI is InChI=1S/C21H33NO2/c1-2-3-10-24-14-16-4-5-18-12-19(7-6-17(18)11-16)20-8-9-21(22,13-20)15-23/h6-7,12,16,20,23H,2-5,8-11,13-15,22H2,1H3/t16?,20-,21+/m0/s1. The van der Waals surface area contributed by atoms with Crippen LogP contribution in [0.4, 0.5) is 0 Å². The van der Waals surface area contributed by atoms with E-state index in [-0.39, 0.29) is 12.1 Å². The molecule has 0 aromatic heterocycles. The third-order valence-electron chi connectivity index (χ3n) is 5.99. The summed E-state index contributed by atoms with van der Waals surface area (Å²) < 4.78 is 5.83. The van der Waals surface area contributed by atoms with Crippen LogP contribution in [-0.4, -0.2) is 30.5 Å². The van der Waals surface area contributed by atoms with Crippen LogP contribution in [0.2, 0.25) is 0 Å². The van der Waals surface area contributed by atoms with Crippen molar-refractivity contribution in [3.8, 4) is 0 Å². The molecule has 2 aliphatic carbocycles. The lowest BCUT2D eigenvalue weighted by Crippen LogP contribution is -2.40. The number of unbranched alkanes of at least 4 members (excludes halogenated alkanes) is 1. The maximum atomic E-state index is 9.48. The molecule has 0 aliphatic heterocycles. The van der Waals surface area contributed by atoms with E-state index < -0.39 is 0 Å². The molecule has 0 amide bonds. The van der Waals surface area contributed by atoms with Crippen molar-refractivity contribution < 1.29 is 9.84 Å². The second-order valence-electron chi connectivity index (χ2n) is 8.03. The molecular weight excluding hydrogens is 298 g/mol. The number of hydrogen-bond acceptors (Lipinski definition) is 3. The van der Waals surface area contributed by atoms with Crippen LogP contribution in [0.15, 0.2) is 18.2 Å². The summed E-state index contributed by atoms with van der Waals surface area (Å²) in [5.41, 5.74) is 10.3. The van der Waals surface area contributed by atoms with E-state index >= 15 is 0 Å². The first-order chi connectivity index (χ1) is 11.6. The molecule has 3 heteroatoms. The van der Waals surface area contributed by atoms with Crippen molar-refractivity contribution >= 4 is 0 Å². The van der Waals surface area contributed by atoms with Gasteiger partial charge < -0.3 is 15.6 Å². The van der Waals surface area contributed by atoms with Gasteiger partial charge in [0, 0.05) is 18.8 Å². The van der Waals surface area contributed by atoms with Crippen LogP contribution in [0.25, 0.3) is 0 Å². The van der Waals surface area contributed by atoms with E-state index in [9.17, 15) is 5.11 Å². The van der Waals surface area contributed by atoms with Crippen molar-refractivity contribution in [3.63, 3.8) is 0 Å². The summed E-state index contributed by atoms with van der Waals surface area (Å²) >= 11 is 0. The van der Waals surface area contributed by atoms with Gasteiger partial charge in [-0.2, -0.15) is 0 Å². The second-order valence-corrected chi connectivity index (χ2v) is 8.03. The van der Waals surface area contributed by atoms with Crippen LogP contribution in [0, 0.1) is 5.92 Å². The lowest BCUT2D eigenvalue weighted by Gasteiger charge is -2.26. The van der Waals surface area contributed by atoms with E-state index in [1.54, 1.807) is 0 Å². The van der Waals surface area contributed by atoms with E-state index in [1.807, 2.05) is 0 Å². The van der Waals surface area contributed by atoms with E-state index in [0.717, 1.165) is 38.9 Å². The monoisotopic (exact) mass is 331 g/mol. The highest BCUT2D eigenvalue weighted by molar-refractivity contribution is 5.36. The Morgan fingerprint density at radius 3 is 2.92 bits per heavy atom. The summed E-state index contributed by atoms with van der Waals surface area (Å²) in [7, 11) is 0. The van der Waals surface area contributed by atoms with Gasteiger partial charge in [-0.25, -0.2) is 0 Å². The first-order valence-corrected chi connectivity index (χ1v) is 9.73. The minimum absolute atomic E-state index is 0.105. The number of nitrogens with two attached hydrogens (primary N) is 1. The highest BCUT2D eigenvalue weighted by atomic mass is 16.5. The maximum Gasteiger partial charge on any atom is 0.0611 e. The van der Waals surface area contributed by atoms with Crippen LogP contribution in [-0.2, 0) is 17.6 Å². The predicted octanol–water partition coefficient (Wildman–Crippen LogP) is 3.57. The number of rotatable bonds is 7. The Hall–Kier alpha value is -0.900. The van der Waals surface area contributed by atoms with E-state index in [1.165, 1.54) is 42.4 Å². The average Bonchev–Trinajstić information content (AvgIpc) is 3.01. The van der Waals surface area contributed by atoms with E-state index in [0.29, 0.717) is 11.8 Å². The van der Waals surface area contributed by atoms with Crippen molar-refractivity contribution in [2.45, 2.75) is 69.7 Å². The van der Waals surface area contributed by atoms with Crippen LogP contribution >= 0.6 is 0 Å². The minimum Gasteiger partial charge on any atom is -0.394 e. The zero-order chi connectivity index (χ0) is 17.0. The minimum atomic E-state index is -0.360. The van der Waals surface area contributed by atoms with Gasteiger partial charge in [0.15, 0.2) is 0 Å². The van der Waals surface area contributed by atoms with Crippen molar-refractivity contribution in [2.24, 2.45) is 11.7 Å². The molecular formula is C21H33NO2. The molecule has 0 radical (unpaired) electrons. The van der Waals surface area contributed by atoms with Crippen LogP contribution < -0.4 is 5.73 Å². The first kappa shape index (κ1) is 17.9. The Morgan fingerprint density at radius 1 is 1.29 bits per heavy atom. The number of aliphatic hydroxyl groups excluding tert-OH is 1. The topological polar surface area (TPSA) is 55.5 Å². The van der Waals surface area contributed by atoms with Crippen molar-refractivity contribution in [1.82, 2.24) is 0 Å². The van der Waals surface area contributed by atoms with Crippen molar-refractivity contribution in [3.05, 3.63) is 34.9 Å². The molecule has 1 fully saturated rings. The lowest BCUT2D eigenvalue weighted by molar-refractivity contribution is 0.0921. The molecule has 0 bridgehead atoms. The smallest absolute Gasteiger partial charge is 0.0611 e. The van der Waals surface area contributed by atoms with Crippen molar-refractivity contribution in [2.75, 3.05) is 19.8 Å². The predicted molar refractivity (Wildman–Crippen MR) is 98.3 cm³/mol. The van der Waals surface area contributed by atoms with Crippen molar-refractivity contribution in [1.29, 1.82) is 0 Å². The van der Waals surface area contributed by atoms with E-state index in [2.05, 4.69) is 25.1 Å².